The van der Waals surface area contributed by atoms with E-state index in [1.165, 1.54) is 52.1 Å². The first-order valence-electron chi connectivity index (χ1n) is 11.1. The van der Waals surface area contributed by atoms with Crippen molar-refractivity contribution >= 4 is 0 Å². The van der Waals surface area contributed by atoms with Gasteiger partial charge in [-0.05, 0) is 85.7 Å². The molecular formula is C23H49N3. The van der Waals surface area contributed by atoms with Crippen molar-refractivity contribution in [2.45, 2.75) is 99.7 Å². The molecule has 0 atom stereocenters. The highest BCUT2D eigenvalue weighted by atomic mass is 15.3. The molecule has 0 aromatic carbocycles. The van der Waals surface area contributed by atoms with E-state index in [1.54, 1.807) is 0 Å². The maximum atomic E-state index is 2.62. The molecule has 3 heteroatoms. The summed E-state index contributed by atoms with van der Waals surface area (Å²) in [6, 6.07) is 1.44. The zero-order chi connectivity index (χ0) is 20.1. The van der Waals surface area contributed by atoms with E-state index >= 15 is 0 Å². The van der Waals surface area contributed by atoms with Crippen LogP contribution in [0.5, 0.6) is 0 Å². The summed E-state index contributed by atoms with van der Waals surface area (Å²) in [5.74, 6) is 0.918. The van der Waals surface area contributed by atoms with Gasteiger partial charge in [0, 0.05) is 43.8 Å². The number of rotatable bonds is 2. The van der Waals surface area contributed by atoms with Gasteiger partial charge in [0.1, 0.15) is 0 Å². The van der Waals surface area contributed by atoms with Crippen LogP contribution in [0.15, 0.2) is 0 Å². The van der Waals surface area contributed by atoms with Gasteiger partial charge >= 0.3 is 0 Å². The number of piperazine rings is 1. The Labute approximate surface area is 165 Å². The summed E-state index contributed by atoms with van der Waals surface area (Å²) in [6.07, 6.45) is 2.75. The first-order valence-corrected chi connectivity index (χ1v) is 11.1. The summed E-state index contributed by atoms with van der Waals surface area (Å²) in [4.78, 5) is 7.73. The standard InChI is InChI=1S/C13H27N.C10H22N2/c1-12(2,3)11-7-9-14(10-8-11)13(4,5)6;1-9(2)11-5-7-12(8-6-11)10(3)4/h11H,7-10H2,1-6H3;9-10H,5-8H2,1-4H3. The van der Waals surface area contributed by atoms with Crippen LogP contribution in [-0.4, -0.2) is 71.6 Å². The minimum Gasteiger partial charge on any atom is -0.298 e. The highest BCUT2D eigenvalue weighted by molar-refractivity contribution is 4.85. The largest absolute Gasteiger partial charge is 0.298 e. The van der Waals surface area contributed by atoms with Gasteiger partial charge in [0.25, 0.3) is 0 Å². The average molecular weight is 368 g/mol. The molecule has 0 spiro atoms. The topological polar surface area (TPSA) is 9.72 Å². The molecule has 3 nitrogen and oxygen atoms in total. The lowest BCUT2D eigenvalue weighted by Crippen LogP contribution is -2.50. The van der Waals surface area contributed by atoms with Crippen molar-refractivity contribution in [2.24, 2.45) is 11.3 Å². The van der Waals surface area contributed by atoms with Crippen LogP contribution >= 0.6 is 0 Å². The van der Waals surface area contributed by atoms with Crippen molar-refractivity contribution in [2.75, 3.05) is 39.3 Å². The quantitative estimate of drug-likeness (QED) is 0.682. The summed E-state index contributed by atoms with van der Waals surface area (Å²) < 4.78 is 0. The summed E-state index contributed by atoms with van der Waals surface area (Å²) in [5, 5.41) is 0. The SMILES string of the molecule is CC(C)(C)C1CCN(C(C)(C)C)CC1.CC(C)N1CCN(C(C)C)CC1. The van der Waals surface area contributed by atoms with Crippen molar-refractivity contribution in [1.82, 2.24) is 14.7 Å². The van der Waals surface area contributed by atoms with Crippen LogP contribution < -0.4 is 0 Å². The number of nitrogens with zero attached hydrogens (tertiary/aromatic N) is 3. The maximum absolute atomic E-state index is 2.62. The number of piperidine rings is 1. The van der Waals surface area contributed by atoms with Gasteiger partial charge in [-0.3, -0.25) is 14.7 Å². The molecule has 0 aliphatic carbocycles. The highest BCUT2D eigenvalue weighted by Gasteiger charge is 2.32. The number of hydrogen-bond donors (Lipinski definition) is 0. The minimum atomic E-state index is 0.364. The van der Waals surface area contributed by atoms with E-state index in [2.05, 4.69) is 83.9 Å². The Morgan fingerprint density at radius 3 is 1.19 bits per heavy atom. The lowest BCUT2D eigenvalue weighted by molar-refractivity contribution is 0.0532. The Hall–Kier alpha value is -0.120. The van der Waals surface area contributed by atoms with Gasteiger partial charge < -0.3 is 0 Å². The van der Waals surface area contributed by atoms with Crippen molar-refractivity contribution in [3.8, 4) is 0 Å². The predicted octanol–water partition coefficient (Wildman–Crippen LogP) is 4.96. The van der Waals surface area contributed by atoms with Gasteiger partial charge in [0.15, 0.2) is 0 Å². The highest BCUT2D eigenvalue weighted by Crippen LogP contribution is 2.35. The van der Waals surface area contributed by atoms with E-state index in [-0.39, 0.29) is 0 Å². The molecular weight excluding hydrogens is 318 g/mol. The monoisotopic (exact) mass is 367 g/mol. The number of hydrogen-bond acceptors (Lipinski definition) is 3. The summed E-state index contributed by atoms with van der Waals surface area (Å²) in [6.45, 7) is 30.8. The van der Waals surface area contributed by atoms with Gasteiger partial charge in [-0.1, -0.05) is 20.8 Å². The van der Waals surface area contributed by atoms with E-state index in [9.17, 15) is 0 Å². The second-order valence-electron chi connectivity index (χ2n) is 11.1. The fourth-order valence-electron chi connectivity index (χ4n) is 4.19. The molecule has 2 rings (SSSR count). The Kier molecular flexibility index (Phi) is 9.10. The van der Waals surface area contributed by atoms with E-state index in [0.29, 0.717) is 11.0 Å². The van der Waals surface area contributed by atoms with Crippen LogP contribution in [0, 0.1) is 11.3 Å². The van der Waals surface area contributed by atoms with Gasteiger partial charge in [0.05, 0.1) is 0 Å². The van der Waals surface area contributed by atoms with Gasteiger partial charge in [-0.15, -0.1) is 0 Å². The molecule has 0 aromatic rings. The third-order valence-corrected chi connectivity index (χ3v) is 6.48. The molecule has 2 heterocycles. The molecule has 2 aliphatic rings. The smallest absolute Gasteiger partial charge is 0.0125 e. The van der Waals surface area contributed by atoms with Crippen molar-refractivity contribution in [3.63, 3.8) is 0 Å². The van der Waals surface area contributed by atoms with Gasteiger partial charge in [-0.2, -0.15) is 0 Å². The normalized spacial score (nSPS) is 22.6. The first-order chi connectivity index (χ1) is 11.8. The lowest BCUT2D eigenvalue weighted by Gasteiger charge is -2.44. The molecule has 0 radical (unpaired) electrons. The Morgan fingerprint density at radius 2 is 0.962 bits per heavy atom. The Morgan fingerprint density at radius 1 is 0.615 bits per heavy atom. The van der Waals surface area contributed by atoms with Crippen LogP contribution in [0.4, 0.5) is 0 Å². The van der Waals surface area contributed by atoms with Crippen LogP contribution in [0.3, 0.4) is 0 Å². The molecule has 0 aromatic heterocycles. The molecule has 0 saturated carbocycles. The lowest BCUT2D eigenvalue weighted by atomic mass is 9.75. The number of likely N-dealkylation sites (tertiary alicyclic amines) is 1. The minimum absolute atomic E-state index is 0.364. The second-order valence-corrected chi connectivity index (χ2v) is 11.1. The molecule has 0 N–H and O–H groups in total. The zero-order valence-corrected chi connectivity index (χ0v) is 19.7. The predicted molar refractivity (Wildman–Crippen MR) is 117 cm³/mol. The van der Waals surface area contributed by atoms with Crippen molar-refractivity contribution < 1.29 is 0 Å². The molecule has 0 amide bonds. The van der Waals surface area contributed by atoms with Crippen LogP contribution in [0.2, 0.25) is 0 Å². The third-order valence-electron chi connectivity index (χ3n) is 6.48. The molecule has 156 valence electrons. The second kappa shape index (κ2) is 9.89. The average Bonchev–Trinajstić information content (AvgIpc) is 2.54. The van der Waals surface area contributed by atoms with Crippen LogP contribution in [0.25, 0.3) is 0 Å². The zero-order valence-electron chi connectivity index (χ0n) is 19.7. The van der Waals surface area contributed by atoms with Crippen molar-refractivity contribution in [1.29, 1.82) is 0 Å². The Bertz CT molecular complexity index is 335. The molecule has 0 unspecified atom stereocenters. The fraction of sp³-hybridized carbons (Fsp3) is 1.00. The van der Waals surface area contributed by atoms with Gasteiger partial charge in [-0.25, -0.2) is 0 Å². The van der Waals surface area contributed by atoms with Crippen LogP contribution in [-0.2, 0) is 0 Å². The fourth-order valence-corrected chi connectivity index (χ4v) is 4.19. The molecule has 0 bridgehead atoms. The van der Waals surface area contributed by atoms with E-state index in [0.717, 1.165) is 18.0 Å². The summed E-state index contributed by atoms with van der Waals surface area (Å²) >= 11 is 0. The summed E-state index contributed by atoms with van der Waals surface area (Å²) in [7, 11) is 0. The molecule has 26 heavy (non-hydrogen) atoms. The molecule has 2 fully saturated rings. The Balaban J connectivity index is 0.000000263. The van der Waals surface area contributed by atoms with E-state index in [1.807, 2.05) is 0 Å². The molecule has 2 saturated heterocycles. The summed E-state index contributed by atoms with van der Waals surface area (Å²) in [5.41, 5.74) is 0.868. The van der Waals surface area contributed by atoms with E-state index < -0.39 is 0 Å². The molecule has 2 aliphatic heterocycles. The van der Waals surface area contributed by atoms with Crippen LogP contribution in [0.1, 0.15) is 82.1 Å². The van der Waals surface area contributed by atoms with Crippen molar-refractivity contribution in [3.05, 3.63) is 0 Å². The third kappa shape index (κ3) is 7.86. The van der Waals surface area contributed by atoms with Gasteiger partial charge in [0.2, 0.25) is 0 Å². The van der Waals surface area contributed by atoms with E-state index in [4.69, 9.17) is 0 Å². The maximum Gasteiger partial charge on any atom is 0.0125 e. The first kappa shape index (κ1) is 23.9.